The topological polar surface area (TPSA) is 35.9 Å². The summed E-state index contributed by atoms with van der Waals surface area (Å²) in [6.07, 6.45) is 0. The maximum absolute atomic E-state index is 7.20. The number of hydrogen-bond acceptors (Lipinski definition) is 2. The number of hydrogen-bond donors (Lipinski definition) is 2. The first-order valence-electron chi connectivity index (χ1n) is 3.27. The molecule has 2 N–H and O–H groups in total. The third kappa shape index (κ3) is 1.71. The molecule has 1 aromatic carbocycles. The number of rotatable bonds is 2. The smallest absolute Gasteiger partial charge is 0.130 e. The highest BCUT2D eigenvalue weighted by Gasteiger charge is 2.01. The van der Waals surface area contributed by atoms with E-state index >= 15 is 0 Å². The van der Waals surface area contributed by atoms with E-state index in [-0.39, 0.29) is 5.17 Å². The molecule has 0 aliphatic carbocycles. The first-order chi connectivity index (χ1) is 5.25. The van der Waals surface area contributed by atoms with Gasteiger partial charge >= 0.3 is 0 Å². The van der Waals surface area contributed by atoms with Crippen molar-refractivity contribution in [1.29, 1.82) is 5.41 Å². The molecule has 0 unspecified atom stereocenters. The second kappa shape index (κ2) is 3.39. The standard InChI is InChI=1S/C8H9ClN2/c1-11-7-5-3-2-4-6(7)8(9)10/h2-5,10-11H,1H3. The van der Waals surface area contributed by atoms with Gasteiger partial charge in [0.2, 0.25) is 0 Å². The normalized spacial score (nSPS) is 9.27. The van der Waals surface area contributed by atoms with Crippen molar-refractivity contribution in [2.24, 2.45) is 0 Å². The zero-order valence-electron chi connectivity index (χ0n) is 6.19. The van der Waals surface area contributed by atoms with Gasteiger partial charge in [-0.05, 0) is 12.1 Å². The fourth-order valence-corrected chi connectivity index (χ4v) is 1.06. The van der Waals surface area contributed by atoms with Gasteiger partial charge in [0.05, 0.1) is 0 Å². The predicted octanol–water partition coefficient (Wildman–Crippen LogP) is 2.29. The van der Waals surface area contributed by atoms with E-state index in [1.165, 1.54) is 0 Å². The van der Waals surface area contributed by atoms with Crippen LogP contribution in [0.15, 0.2) is 24.3 Å². The van der Waals surface area contributed by atoms with Crippen LogP contribution < -0.4 is 5.32 Å². The average molecular weight is 169 g/mol. The summed E-state index contributed by atoms with van der Waals surface area (Å²) in [6.45, 7) is 0. The molecule has 0 amide bonds. The van der Waals surface area contributed by atoms with E-state index in [0.717, 1.165) is 11.3 Å². The summed E-state index contributed by atoms with van der Waals surface area (Å²) in [6, 6.07) is 7.44. The van der Waals surface area contributed by atoms with Crippen LogP contribution in [0, 0.1) is 5.41 Å². The van der Waals surface area contributed by atoms with Crippen LogP contribution in [0.3, 0.4) is 0 Å². The van der Waals surface area contributed by atoms with Crippen molar-refractivity contribution in [3.8, 4) is 0 Å². The fourth-order valence-electron chi connectivity index (χ4n) is 0.893. The third-order valence-electron chi connectivity index (χ3n) is 1.43. The quantitative estimate of drug-likeness (QED) is 0.654. The van der Waals surface area contributed by atoms with Crippen molar-refractivity contribution in [3.63, 3.8) is 0 Å². The number of anilines is 1. The Kier molecular flexibility index (Phi) is 2.49. The molecule has 0 heterocycles. The summed E-state index contributed by atoms with van der Waals surface area (Å²) < 4.78 is 0. The summed E-state index contributed by atoms with van der Waals surface area (Å²) in [5.74, 6) is 0. The zero-order chi connectivity index (χ0) is 8.27. The summed E-state index contributed by atoms with van der Waals surface area (Å²) in [7, 11) is 1.80. The van der Waals surface area contributed by atoms with Gasteiger partial charge in [-0.1, -0.05) is 23.7 Å². The lowest BCUT2D eigenvalue weighted by molar-refractivity contribution is 1.47. The van der Waals surface area contributed by atoms with Gasteiger partial charge in [0.25, 0.3) is 0 Å². The van der Waals surface area contributed by atoms with E-state index in [9.17, 15) is 0 Å². The monoisotopic (exact) mass is 168 g/mol. The second-order valence-electron chi connectivity index (χ2n) is 2.11. The van der Waals surface area contributed by atoms with Crippen molar-refractivity contribution >= 4 is 22.5 Å². The largest absolute Gasteiger partial charge is 0.388 e. The Hall–Kier alpha value is -1.02. The second-order valence-corrected chi connectivity index (χ2v) is 2.49. The summed E-state index contributed by atoms with van der Waals surface area (Å²) in [4.78, 5) is 0. The van der Waals surface area contributed by atoms with Gasteiger partial charge in [0.15, 0.2) is 0 Å². The molecule has 0 bridgehead atoms. The molecule has 0 aliphatic heterocycles. The molecule has 3 heteroatoms. The number of para-hydroxylation sites is 1. The van der Waals surface area contributed by atoms with Crippen molar-refractivity contribution in [2.75, 3.05) is 12.4 Å². The highest BCUT2D eigenvalue weighted by molar-refractivity contribution is 6.69. The first kappa shape index (κ1) is 8.08. The van der Waals surface area contributed by atoms with Crippen LogP contribution in [0.2, 0.25) is 0 Å². The molecular formula is C8H9ClN2. The van der Waals surface area contributed by atoms with Crippen molar-refractivity contribution in [1.82, 2.24) is 0 Å². The van der Waals surface area contributed by atoms with Gasteiger partial charge in [0.1, 0.15) is 5.17 Å². The lowest BCUT2D eigenvalue weighted by atomic mass is 10.2. The Morgan fingerprint density at radius 1 is 1.45 bits per heavy atom. The number of halogens is 1. The summed E-state index contributed by atoms with van der Waals surface area (Å²) in [5, 5.41) is 10.2. The SMILES string of the molecule is CNc1ccccc1C(=N)Cl. The van der Waals surface area contributed by atoms with Gasteiger partial charge in [-0.25, -0.2) is 0 Å². The molecule has 0 radical (unpaired) electrons. The molecule has 0 aromatic heterocycles. The van der Waals surface area contributed by atoms with E-state index in [1.54, 1.807) is 13.1 Å². The first-order valence-corrected chi connectivity index (χ1v) is 3.64. The Labute approximate surface area is 70.7 Å². The zero-order valence-corrected chi connectivity index (χ0v) is 6.94. The molecule has 0 saturated carbocycles. The van der Waals surface area contributed by atoms with Gasteiger partial charge in [0, 0.05) is 18.3 Å². The average Bonchev–Trinajstić information content (AvgIpc) is 2.04. The molecule has 2 nitrogen and oxygen atoms in total. The van der Waals surface area contributed by atoms with Gasteiger partial charge < -0.3 is 5.32 Å². The summed E-state index contributed by atoms with van der Waals surface area (Å²) >= 11 is 5.53. The van der Waals surface area contributed by atoms with Crippen molar-refractivity contribution < 1.29 is 0 Å². The van der Waals surface area contributed by atoms with E-state index in [0.29, 0.717) is 0 Å². The van der Waals surface area contributed by atoms with E-state index in [1.807, 2.05) is 18.2 Å². The van der Waals surface area contributed by atoms with Crippen LogP contribution in [0.25, 0.3) is 0 Å². The molecule has 0 fully saturated rings. The van der Waals surface area contributed by atoms with Gasteiger partial charge in [-0.3, -0.25) is 5.41 Å². The Bertz CT molecular complexity index is 271. The molecule has 1 aromatic rings. The maximum atomic E-state index is 7.20. The van der Waals surface area contributed by atoms with Gasteiger partial charge in [-0.15, -0.1) is 0 Å². The van der Waals surface area contributed by atoms with Crippen LogP contribution in [0.4, 0.5) is 5.69 Å². The van der Waals surface area contributed by atoms with E-state index in [4.69, 9.17) is 17.0 Å². The minimum absolute atomic E-state index is 0.0648. The Morgan fingerprint density at radius 2 is 2.09 bits per heavy atom. The van der Waals surface area contributed by atoms with Crippen LogP contribution >= 0.6 is 11.6 Å². The molecule has 0 spiro atoms. The molecule has 0 atom stereocenters. The lowest BCUT2D eigenvalue weighted by Crippen LogP contribution is -1.97. The van der Waals surface area contributed by atoms with Crippen LogP contribution in [-0.4, -0.2) is 12.2 Å². The third-order valence-corrected chi connectivity index (χ3v) is 1.64. The highest BCUT2D eigenvalue weighted by atomic mass is 35.5. The minimum Gasteiger partial charge on any atom is -0.388 e. The van der Waals surface area contributed by atoms with Crippen LogP contribution in [-0.2, 0) is 0 Å². The minimum atomic E-state index is 0.0648. The van der Waals surface area contributed by atoms with Gasteiger partial charge in [-0.2, -0.15) is 0 Å². The molecule has 0 aliphatic rings. The molecule has 0 saturated heterocycles. The van der Waals surface area contributed by atoms with Crippen molar-refractivity contribution in [3.05, 3.63) is 29.8 Å². The Morgan fingerprint density at radius 3 is 2.55 bits per heavy atom. The Balaban J connectivity index is 3.12. The highest BCUT2D eigenvalue weighted by Crippen LogP contribution is 2.15. The number of nitrogens with one attached hydrogen (secondary N) is 2. The lowest BCUT2D eigenvalue weighted by Gasteiger charge is -2.04. The van der Waals surface area contributed by atoms with E-state index in [2.05, 4.69) is 5.32 Å². The molecule has 1 rings (SSSR count). The molecular weight excluding hydrogens is 160 g/mol. The van der Waals surface area contributed by atoms with Crippen LogP contribution in [0.5, 0.6) is 0 Å². The fraction of sp³-hybridized carbons (Fsp3) is 0.125. The molecule has 11 heavy (non-hydrogen) atoms. The van der Waals surface area contributed by atoms with E-state index < -0.39 is 0 Å². The van der Waals surface area contributed by atoms with Crippen molar-refractivity contribution in [2.45, 2.75) is 0 Å². The predicted molar refractivity (Wildman–Crippen MR) is 48.7 cm³/mol. The summed E-state index contributed by atoms with van der Waals surface area (Å²) in [5.41, 5.74) is 1.61. The number of benzene rings is 1. The molecule has 58 valence electrons. The van der Waals surface area contributed by atoms with Crippen LogP contribution in [0.1, 0.15) is 5.56 Å². The maximum Gasteiger partial charge on any atom is 0.130 e.